The summed E-state index contributed by atoms with van der Waals surface area (Å²) in [5.74, 6) is -0.176. The van der Waals surface area contributed by atoms with Crippen LogP contribution in [0.4, 0.5) is 4.39 Å². The number of carbonyl (C=O) groups is 1. The van der Waals surface area contributed by atoms with Crippen LogP contribution in [-0.2, 0) is 17.9 Å². The molecule has 0 saturated heterocycles. The van der Waals surface area contributed by atoms with Crippen molar-refractivity contribution in [3.8, 4) is 0 Å². The van der Waals surface area contributed by atoms with Crippen molar-refractivity contribution in [1.29, 1.82) is 0 Å². The minimum Gasteiger partial charge on any atom is -0.351 e. The maximum Gasteiger partial charge on any atom is 0.230 e. The number of nitrogens with one attached hydrogen (secondary N) is 1. The van der Waals surface area contributed by atoms with Gasteiger partial charge in [-0.3, -0.25) is 4.79 Å². The van der Waals surface area contributed by atoms with Gasteiger partial charge >= 0.3 is 0 Å². The highest BCUT2D eigenvalue weighted by molar-refractivity contribution is 9.10. The van der Waals surface area contributed by atoms with Crippen LogP contribution in [0.3, 0.4) is 0 Å². The first-order valence-corrected chi connectivity index (χ1v) is 9.65. The molecule has 0 atom stereocenters. The summed E-state index contributed by atoms with van der Waals surface area (Å²) in [5.41, 5.74) is 2.70. The zero-order chi connectivity index (χ0) is 17.8. The number of hydrogen-bond donors (Lipinski definition) is 1. The minimum absolute atomic E-state index is 0.115. The van der Waals surface area contributed by atoms with E-state index in [0.717, 1.165) is 27.2 Å². The molecule has 2 aromatic carbocycles. The molecular weight excluding hydrogens is 405 g/mol. The van der Waals surface area contributed by atoms with Gasteiger partial charge in [0, 0.05) is 17.6 Å². The molecule has 0 fully saturated rings. The first kappa shape index (κ1) is 17.9. The molecule has 0 unspecified atom stereocenters. The molecule has 0 bridgehead atoms. The number of aromatic nitrogens is 2. The molecule has 3 rings (SSSR count). The van der Waals surface area contributed by atoms with Crippen molar-refractivity contribution in [3.63, 3.8) is 0 Å². The van der Waals surface area contributed by atoms with Crippen LogP contribution in [0.15, 0.2) is 52.1 Å². The van der Waals surface area contributed by atoms with Crippen LogP contribution in [0.1, 0.15) is 12.5 Å². The highest BCUT2D eigenvalue weighted by atomic mass is 79.9. The van der Waals surface area contributed by atoms with E-state index in [1.54, 1.807) is 6.07 Å². The average Bonchev–Trinajstić information content (AvgIpc) is 2.98. The molecule has 3 aromatic rings. The highest BCUT2D eigenvalue weighted by Gasteiger charge is 2.12. The molecule has 0 aliphatic carbocycles. The Morgan fingerprint density at radius 3 is 2.92 bits per heavy atom. The molecule has 1 heterocycles. The van der Waals surface area contributed by atoms with Gasteiger partial charge in [0.2, 0.25) is 5.91 Å². The van der Waals surface area contributed by atoms with Gasteiger partial charge in [-0.15, -0.1) is 0 Å². The number of para-hydroxylation sites is 2. The van der Waals surface area contributed by atoms with Crippen LogP contribution in [-0.4, -0.2) is 21.2 Å². The number of thioether (sulfide) groups is 1. The van der Waals surface area contributed by atoms with Crippen LogP contribution in [0.5, 0.6) is 0 Å². The van der Waals surface area contributed by atoms with Crippen LogP contribution in [0.2, 0.25) is 0 Å². The fourth-order valence-corrected chi connectivity index (χ4v) is 3.82. The standard InChI is InChI=1S/C18H17BrFN3OS/c1-2-23-16-6-4-3-5-15(16)22-18(23)25-11-17(24)21-10-12-9-13(20)7-8-14(12)19/h3-9H,2,10-11H2,1H3,(H,21,24). The number of fused-ring (bicyclic) bond motifs is 1. The number of carbonyl (C=O) groups excluding carboxylic acids is 1. The van der Waals surface area contributed by atoms with E-state index < -0.39 is 0 Å². The first-order chi connectivity index (χ1) is 12.1. The van der Waals surface area contributed by atoms with Gasteiger partial charge in [-0.25, -0.2) is 9.37 Å². The van der Waals surface area contributed by atoms with Gasteiger partial charge in [0.15, 0.2) is 5.16 Å². The molecule has 0 saturated carbocycles. The van der Waals surface area contributed by atoms with E-state index in [-0.39, 0.29) is 24.0 Å². The van der Waals surface area contributed by atoms with Crippen LogP contribution in [0.25, 0.3) is 11.0 Å². The number of rotatable bonds is 6. The summed E-state index contributed by atoms with van der Waals surface area (Å²) in [5, 5.41) is 3.64. The van der Waals surface area contributed by atoms with Crippen molar-refractivity contribution < 1.29 is 9.18 Å². The second-order valence-electron chi connectivity index (χ2n) is 5.43. The second kappa shape index (κ2) is 8.01. The predicted molar refractivity (Wildman–Crippen MR) is 102 cm³/mol. The molecule has 7 heteroatoms. The van der Waals surface area contributed by atoms with E-state index in [1.165, 1.54) is 23.9 Å². The molecule has 130 valence electrons. The van der Waals surface area contributed by atoms with Gasteiger partial charge in [0.05, 0.1) is 16.8 Å². The third-order valence-corrected chi connectivity index (χ3v) is 5.50. The molecule has 1 amide bonds. The number of imidazole rings is 1. The summed E-state index contributed by atoms with van der Waals surface area (Å²) in [6.45, 7) is 3.13. The van der Waals surface area contributed by atoms with Gasteiger partial charge in [-0.2, -0.15) is 0 Å². The lowest BCUT2D eigenvalue weighted by atomic mass is 10.2. The average molecular weight is 422 g/mol. The highest BCUT2D eigenvalue weighted by Crippen LogP contribution is 2.24. The zero-order valence-electron chi connectivity index (χ0n) is 13.6. The van der Waals surface area contributed by atoms with E-state index in [2.05, 4.69) is 37.7 Å². The van der Waals surface area contributed by atoms with Gasteiger partial charge < -0.3 is 9.88 Å². The Balaban J connectivity index is 1.62. The second-order valence-corrected chi connectivity index (χ2v) is 7.23. The topological polar surface area (TPSA) is 46.9 Å². The number of aryl methyl sites for hydroxylation is 1. The van der Waals surface area contributed by atoms with Gasteiger partial charge in [0.1, 0.15) is 5.82 Å². The Labute approximate surface area is 158 Å². The van der Waals surface area contributed by atoms with Crippen LogP contribution < -0.4 is 5.32 Å². The van der Waals surface area contributed by atoms with Crippen LogP contribution in [0, 0.1) is 5.82 Å². The monoisotopic (exact) mass is 421 g/mol. The summed E-state index contributed by atoms with van der Waals surface area (Å²) in [6, 6.07) is 12.3. The van der Waals surface area contributed by atoms with E-state index in [1.807, 2.05) is 24.3 Å². The van der Waals surface area contributed by atoms with E-state index in [0.29, 0.717) is 5.56 Å². The quantitative estimate of drug-likeness (QED) is 0.601. The fourth-order valence-electron chi connectivity index (χ4n) is 2.52. The molecular formula is C18H17BrFN3OS. The molecule has 4 nitrogen and oxygen atoms in total. The summed E-state index contributed by atoms with van der Waals surface area (Å²) in [4.78, 5) is 16.7. The third-order valence-electron chi connectivity index (χ3n) is 3.75. The van der Waals surface area contributed by atoms with Crippen molar-refractivity contribution in [1.82, 2.24) is 14.9 Å². The van der Waals surface area contributed by atoms with Crippen molar-refractivity contribution in [3.05, 3.63) is 58.3 Å². The predicted octanol–water partition coefficient (Wildman–Crippen LogP) is 4.37. The minimum atomic E-state index is -0.321. The van der Waals surface area contributed by atoms with Crippen molar-refractivity contribution in [2.24, 2.45) is 0 Å². The maximum atomic E-state index is 13.3. The molecule has 1 aromatic heterocycles. The Morgan fingerprint density at radius 2 is 2.12 bits per heavy atom. The van der Waals surface area contributed by atoms with Crippen LogP contribution >= 0.6 is 27.7 Å². The van der Waals surface area contributed by atoms with Gasteiger partial charge in [-0.05, 0) is 42.8 Å². The number of benzene rings is 2. The number of amides is 1. The lowest BCUT2D eigenvalue weighted by Crippen LogP contribution is -2.25. The van der Waals surface area contributed by atoms with E-state index in [4.69, 9.17) is 0 Å². The van der Waals surface area contributed by atoms with Crippen molar-refractivity contribution in [2.45, 2.75) is 25.2 Å². The zero-order valence-corrected chi connectivity index (χ0v) is 16.0. The molecule has 0 aliphatic rings. The molecule has 25 heavy (non-hydrogen) atoms. The molecule has 1 N–H and O–H groups in total. The molecule has 0 spiro atoms. The maximum absolute atomic E-state index is 13.3. The van der Waals surface area contributed by atoms with E-state index in [9.17, 15) is 9.18 Å². The Hall–Kier alpha value is -1.86. The lowest BCUT2D eigenvalue weighted by molar-refractivity contribution is -0.118. The van der Waals surface area contributed by atoms with Gasteiger partial charge in [0.25, 0.3) is 0 Å². The van der Waals surface area contributed by atoms with Gasteiger partial charge in [-0.1, -0.05) is 39.8 Å². The number of hydrogen-bond acceptors (Lipinski definition) is 3. The molecule has 0 radical (unpaired) electrons. The first-order valence-electron chi connectivity index (χ1n) is 7.87. The number of nitrogens with zero attached hydrogens (tertiary/aromatic N) is 2. The molecule has 0 aliphatic heterocycles. The van der Waals surface area contributed by atoms with Crippen molar-refractivity contribution in [2.75, 3.05) is 5.75 Å². The summed E-state index contributed by atoms with van der Waals surface area (Å²) in [7, 11) is 0. The largest absolute Gasteiger partial charge is 0.351 e. The van der Waals surface area contributed by atoms with E-state index >= 15 is 0 Å². The summed E-state index contributed by atoms with van der Waals surface area (Å²) < 4.78 is 16.1. The van der Waals surface area contributed by atoms with Crippen molar-refractivity contribution >= 4 is 44.6 Å². The third kappa shape index (κ3) is 4.22. The Bertz CT molecular complexity index is 912. The fraction of sp³-hybridized carbons (Fsp3) is 0.222. The Morgan fingerprint density at radius 1 is 1.32 bits per heavy atom. The number of halogens is 2. The Kier molecular flexibility index (Phi) is 5.75. The SMILES string of the molecule is CCn1c(SCC(=O)NCc2cc(F)ccc2Br)nc2ccccc21. The summed E-state index contributed by atoms with van der Waals surface area (Å²) >= 11 is 4.76. The smallest absolute Gasteiger partial charge is 0.230 e. The normalized spacial score (nSPS) is 11.0. The lowest BCUT2D eigenvalue weighted by Gasteiger charge is -2.08. The summed E-state index contributed by atoms with van der Waals surface area (Å²) in [6.07, 6.45) is 0.